The van der Waals surface area contributed by atoms with Crippen LogP contribution in [-0.4, -0.2) is 51.1 Å². The van der Waals surface area contributed by atoms with Crippen molar-refractivity contribution in [2.24, 2.45) is 0 Å². The average molecular weight is 560 g/mol. The van der Waals surface area contributed by atoms with Gasteiger partial charge >= 0.3 is 13.9 Å². The van der Waals surface area contributed by atoms with Gasteiger partial charge in [-0.05, 0) is 6.42 Å². The normalized spacial score (nSPS) is 21.7. The molecule has 0 amide bonds. The fourth-order valence-electron chi connectivity index (χ4n) is 4.98. The first-order chi connectivity index (χ1) is 18.5. The standard InChI is InChI=1S/C27H47N2O8P/c1-2-3-4-5-6-7-8-9-10-11-12-13-14-15-16-17-20-35-25-24(37-38(33)34)22(21-30)36-26(25)29-19-18-23(31)28-27(29)32/h18-19,22,24-26,30H,2-17,20-21H2,1H3,(H-,28,31,32,33,34)/p+1/t22-,24?,25+,26-/m1/s1. The molecule has 1 aromatic heterocycles. The minimum absolute atomic E-state index is 0.349. The average Bonchev–Trinajstić information content (AvgIpc) is 3.22. The van der Waals surface area contributed by atoms with E-state index in [-0.39, 0.29) is 0 Å². The fourth-order valence-corrected chi connectivity index (χ4v) is 5.45. The number of nitrogens with one attached hydrogen (secondary N) is 1. The number of aromatic nitrogens is 2. The summed E-state index contributed by atoms with van der Waals surface area (Å²) in [5.41, 5.74) is -1.26. The summed E-state index contributed by atoms with van der Waals surface area (Å²) in [6.45, 7) is 2.12. The van der Waals surface area contributed by atoms with E-state index in [4.69, 9.17) is 14.0 Å². The van der Waals surface area contributed by atoms with Gasteiger partial charge in [-0.1, -0.05) is 103 Å². The van der Waals surface area contributed by atoms with Crippen LogP contribution in [0.15, 0.2) is 21.9 Å². The zero-order valence-corrected chi connectivity index (χ0v) is 23.8. The van der Waals surface area contributed by atoms with E-state index < -0.39 is 50.7 Å². The van der Waals surface area contributed by atoms with Crippen molar-refractivity contribution in [3.05, 3.63) is 33.1 Å². The highest BCUT2D eigenvalue weighted by Gasteiger charge is 2.51. The number of unbranched alkanes of at least 4 members (excludes halogenated alkanes) is 15. The molecule has 2 rings (SSSR count). The number of aromatic amines is 1. The third-order valence-electron chi connectivity index (χ3n) is 7.11. The first kappa shape index (κ1) is 32.8. The molecule has 38 heavy (non-hydrogen) atoms. The molecule has 0 bridgehead atoms. The van der Waals surface area contributed by atoms with Crippen molar-refractivity contribution in [3.63, 3.8) is 0 Å². The van der Waals surface area contributed by atoms with Crippen LogP contribution in [0.2, 0.25) is 0 Å². The Morgan fingerprint density at radius 3 is 1.89 bits per heavy atom. The van der Waals surface area contributed by atoms with Crippen LogP contribution >= 0.6 is 8.25 Å². The molecule has 0 radical (unpaired) electrons. The Kier molecular flexibility index (Phi) is 16.9. The number of hydrogen-bond acceptors (Lipinski definition) is 7. The number of H-pyrrole nitrogens is 1. The Hall–Kier alpha value is -1.42. The molecular formula is C27H48N2O8P+. The number of aliphatic hydroxyl groups excluding tert-OH is 1. The summed E-state index contributed by atoms with van der Waals surface area (Å²) in [6.07, 6.45) is 17.5. The lowest BCUT2D eigenvalue weighted by atomic mass is 10.0. The van der Waals surface area contributed by atoms with Crippen molar-refractivity contribution in [1.29, 1.82) is 0 Å². The Bertz CT molecular complexity index is 892. The van der Waals surface area contributed by atoms with Crippen molar-refractivity contribution >= 4 is 8.25 Å². The summed E-state index contributed by atoms with van der Waals surface area (Å²) in [4.78, 5) is 35.2. The molecule has 0 aliphatic carbocycles. The summed E-state index contributed by atoms with van der Waals surface area (Å²) in [5, 5.41) is 9.68. The molecule has 0 saturated carbocycles. The minimum Gasteiger partial charge on any atom is -0.394 e. The lowest BCUT2D eigenvalue weighted by molar-refractivity contribution is -0.0744. The minimum atomic E-state index is -2.98. The third kappa shape index (κ3) is 12.2. The monoisotopic (exact) mass is 559 g/mol. The van der Waals surface area contributed by atoms with E-state index in [1.807, 2.05) is 0 Å². The van der Waals surface area contributed by atoms with E-state index >= 15 is 0 Å². The van der Waals surface area contributed by atoms with Crippen LogP contribution in [0.25, 0.3) is 0 Å². The molecule has 0 aromatic carbocycles. The third-order valence-corrected chi connectivity index (χ3v) is 7.53. The Morgan fingerprint density at radius 2 is 1.42 bits per heavy atom. The lowest BCUT2D eigenvalue weighted by Crippen LogP contribution is -2.40. The van der Waals surface area contributed by atoms with Crippen molar-refractivity contribution in [2.45, 2.75) is 134 Å². The summed E-state index contributed by atoms with van der Waals surface area (Å²) in [5.74, 6) is 0. The molecule has 0 spiro atoms. The first-order valence-corrected chi connectivity index (χ1v) is 15.6. The maximum absolute atomic E-state index is 12.3. The molecule has 10 nitrogen and oxygen atoms in total. The van der Waals surface area contributed by atoms with E-state index in [2.05, 4.69) is 11.9 Å². The molecule has 3 N–H and O–H groups in total. The van der Waals surface area contributed by atoms with Gasteiger partial charge in [0, 0.05) is 23.4 Å². The SMILES string of the molecule is CCCCCCCCCCCCCCCCCCO[C@H]1C(O[P+](=O)O)[C@@H](CO)O[C@H]1n1ccc(=O)[nH]c1=O. The second-order valence-electron chi connectivity index (χ2n) is 10.2. The summed E-state index contributed by atoms with van der Waals surface area (Å²) >= 11 is 0. The van der Waals surface area contributed by atoms with E-state index in [0.717, 1.165) is 23.8 Å². The molecule has 218 valence electrons. The summed E-state index contributed by atoms with van der Waals surface area (Å²) in [7, 11) is -2.98. The van der Waals surface area contributed by atoms with Gasteiger partial charge in [-0.15, -0.1) is 9.42 Å². The largest absolute Gasteiger partial charge is 0.695 e. The van der Waals surface area contributed by atoms with Gasteiger partial charge in [0.25, 0.3) is 5.56 Å². The van der Waals surface area contributed by atoms with Crippen LogP contribution in [0.5, 0.6) is 0 Å². The summed E-state index contributed by atoms with van der Waals surface area (Å²) < 4.78 is 29.3. The van der Waals surface area contributed by atoms with E-state index in [0.29, 0.717) is 6.61 Å². The van der Waals surface area contributed by atoms with E-state index in [9.17, 15) is 24.2 Å². The molecule has 1 fully saturated rings. The van der Waals surface area contributed by atoms with E-state index in [1.165, 1.54) is 95.7 Å². The van der Waals surface area contributed by atoms with Crippen LogP contribution in [0, 0.1) is 0 Å². The van der Waals surface area contributed by atoms with Gasteiger partial charge in [0.05, 0.1) is 6.61 Å². The van der Waals surface area contributed by atoms with Crippen LogP contribution in [0.1, 0.15) is 116 Å². The molecule has 1 saturated heterocycles. The highest BCUT2D eigenvalue weighted by Crippen LogP contribution is 2.37. The van der Waals surface area contributed by atoms with Gasteiger partial charge < -0.3 is 14.6 Å². The van der Waals surface area contributed by atoms with Gasteiger partial charge in [0.2, 0.25) is 0 Å². The van der Waals surface area contributed by atoms with Crippen molar-refractivity contribution in [3.8, 4) is 0 Å². The molecule has 1 aliphatic rings. The predicted molar refractivity (Wildman–Crippen MR) is 146 cm³/mol. The maximum Gasteiger partial charge on any atom is 0.695 e. The molecular weight excluding hydrogens is 511 g/mol. The highest BCUT2D eigenvalue weighted by molar-refractivity contribution is 7.32. The lowest BCUT2D eigenvalue weighted by Gasteiger charge is -2.22. The first-order valence-electron chi connectivity index (χ1n) is 14.5. The molecule has 2 unspecified atom stereocenters. The zero-order valence-electron chi connectivity index (χ0n) is 22.9. The quantitative estimate of drug-likeness (QED) is 0.132. The van der Waals surface area contributed by atoms with Gasteiger partial charge in [0.1, 0.15) is 12.2 Å². The smallest absolute Gasteiger partial charge is 0.394 e. The Balaban J connectivity index is 1.64. The number of nitrogens with zero attached hydrogens (tertiary/aromatic N) is 1. The fraction of sp³-hybridized carbons (Fsp3) is 0.852. The topological polar surface area (TPSA) is 140 Å². The molecule has 1 aliphatic heterocycles. The number of hydrogen-bond donors (Lipinski definition) is 3. The molecule has 1 aromatic rings. The van der Waals surface area contributed by atoms with Crippen LogP contribution in [0.4, 0.5) is 0 Å². The van der Waals surface area contributed by atoms with Crippen molar-refractivity contribution in [2.75, 3.05) is 13.2 Å². The second kappa shape index (κ2) is 19.6. The van der Waals surface area contributed by atoms with Gasteiger partial charge in [-0.2, -0.15) is 0 Å². The van der Waals surface area contributed by atoms with Gasteiger partial charge in [-0.25, -0.2) is 4.79 Å². The maximum atomic E-state index is 12.3. The Morgan fingerprint density at radius 1 is 0.895 bits per heavy atom. The highest BCUT2D eigenvalue weighted by atomic mass is 31.1. The number of rotatable bonds is 22. The molecule has 2 heterocycles. The van der Waals surface area contributed by atoms with E-state index in [1.54, 1.807) is 0 Å². The summed E-state index contributed by atoms with van der Waals surface area (Å²) in [6, 6.07) is 1.17. The Labute approximate surface area is 227 Å². The van der Waals surface area contributed by atoms with Gasteiger partial charge in [-0.3, -0.25) is 14.3 Å². The predicted octanol–water partition coefficient (Wildman–Crippen LogP) is 5.11. The molecule has 5 atom stereocenters. The van der Waals surface area contributed by atoms with Crippen LogP contribution in [-0.2, 0) is 18.6 Å². The van der Waals surface area contributed by atoms with Crippen molar-refractivity contribution < 1.29 is 28.6 Å². The van der Waals surface area contributed by atoms with Crippen LogP contribution < -0.4 is 11.2 Å². The van der Waals surface area contributed by atoms with Gasteiger partial charge in [0.15, 0.2) is 12.3 Å². The zero-order chi connectivity index (χ0) is 27.6. The number of ether oxygens (including phenoxy) is 2. The van der Waals surface area contributed by atoms with Crippen LogP contribution in [0.3, 0.4) is 0 Å². The number of aliphatic hydroxyl groups is 1. The van der Waals surface area contributed by atoms with Crippen molar-refractivity contribution in [1.82, 2.24) is 9.55 Å². The molecule has 11 heteroatoms. The second-order valence-corrected chi connectivity index (χ2v) is 10.9.